The summed E-state index contributed by atoms with van der Waals surface area (Å²) in [7, 11) is 4.05. The molecule has 20 heavy (non-hydrogen) atoms. The van der Waals surface area contributed by atoms with Crippen molar-refractivity contribution < 1.29 is 4.39 Å². The summed E-state index contributed by atoms with van der Waals surface area (Å²) < 4.78 is 12.9. The van der Waals surface area contributed by atoms with E-state index in [4.69, 9.17) is 0 Å². The Labute approximate surface area is 120 Å². The molecule has 0 amide bonds. The van der Waals surface area contributed by atoms with Gasteiger partial charge in [-0.2, -0.15) is 0 Å². The molecule has 2 nitrogen and oxygen atoms in total. The average molecular weight is 272 g/mol. The van der Waals surface area contributed by atoms with Gasteiger partial charge in [0.25, 0.3) is 0 Å². The van der Waals surface area contributed by atoms with Crippen LogP contribution in [0.3, 0.4) is 0 Å². The number of nitrogens with one attached hydrogen (secondary N) is 1. The van der Waals surface area contributed by atoms with Gasteiger partial charge in [0.15, 0.2) is 0 Å². The van der Waals surface area contributed by atoms with Crippen LogP contribution in [-0.4, -0.2) is 20.1 Å². The van der Waals surface area contributed by atoms with Gasteiger partial charge in [-0.15, -0.1) is 0 Å². The second kappa shape index (κ2) is 6.42. The fourth-order valence-corrected chi connectivity index (χ4v) is 2.17. The van der Waals surface area contributed by atoms with Crippen LogP contribution in [0.5, 0.6) is 0 Å². The number of nitrogens with zero attached hydrogens (tertiary/aromatic N) is 1. The SMILES string of the molecule is CC(Cc1ccc(F)cc1)Nc1ccc(N(C)C)cc1. The quantitative estimate of drug-likeness (QED) is 0.887. The fraction of sp³-hybridized carbons (Fsp3) is 0.294. The van der Waals surface area contributed by atoms with Crippen molar-refractivity contribution in [2.45, 2.75) is 19.4 Å². The molecule has 0 aliphatic carbocycles. The molecule has 106 valence electrons. The Morgan fingerprint density at radius 2 is 1.60 bits per heavy atom. The van der Waals surface area contributed by atoms with Crippen LogP contribution in [0.4, 0.5) is 15.8 Å². The molecule has 0 saturated carbocycles. The van der Waals surface area contributed by atoms with E-state index in [-0.39, 0.29) is 5.82 Å². The molecule has 1 N–H and O–H groups in total. The van der Waals surface area contributed by atoms with Crippen molar-refractivity contribution in [2.75, 3.05) is 24.3 Å². The minimum Gasteiger partial charge on any atom is -0.382 e. The molecule has 0 spiro atoms. The number of anilines is 2. The first-order valence-corrected chi connectivity index (χ1v) is 6.83. The molecule has 0 bridgehead atoms. The molecule has 0 aliphatic heterocycles. The summed E-state index contributed by atoms with van der Waals surface area (Å²) in [6.45, 7) is 2.13. The second-order valence-corrected chi connectivity index (χ2v) is 5.32. The zero-order chi connectivity index (χ0) is 14.5. The van der Waals surface area contributed by atoms with Crippen molar-refractivity contribution in [3.8, 4) is 0 Å². The number of rotatable bonds is 5. The van der Waals surface area contributed by atoms with Crippen molar-refractivity contribution in [3.63, 3.8) is 0 Å². The Morgan fingerprint density at radius 3 is 2.15 bits per heavy atom. The van der Waals surface area contributed by atoms with E-state index in [1.165, 1.54) is 17.8 Å². The summed E-state index contributed by atoms with van der Waals surface area (Å²) in [6, 6.07) is 15.3. The molecule has 3 heteroatoms. The monoisotopic (exact) mass is 272 g/mol. The third kappa shape index (κ3) is 3.98. The standard InChI is InChI=1S/C17H21FN2/c1-13(12-14-4-6-15(18)7-5-14)19-16-8-10-17(11-9-16)20(2)3/h4-11,13,19H,12H2,1-3H3. The van der Waals surface area contributed by atoms with E-state index < -0.39 is 0 Å². The van der Waals surface area contributed by atoms with Gasteiger partial charge >= 0.3 is 0 Å². The van der Waals surface area contributed by atoms with Crippen LogP contribution in [0.1, 0.15) is 12.5 Å². The molecule has 0 saturated heterocycles. The molecule has 2 aromatic rings. The Kier molecular flexibility index (Phi) is 4.61. The molecule has 0 aliphatic rings. The molecule has 1 unspecified atom stereocenters. The first kappa shape index (κ1) is 14.4. The highest BCUT2D eigenvalue weighted by atomic mass is 19.1. The summed E-state index contributed by atoms with van der Waals surface area (Å²) >= 11 is 0. The van der Waals surface area contributed by atoms with E-state index in [0.717, 1.165) is 17.7 Å². The number of hydrogen-bond donors (Lipinski definition) is 1. The summed E-state index contributed by atoms with van der Waals surface area (Å²) in [5, 5.41) is 3.46. The van der Waals surface area contributed by atoms with Gasteiger partial charge in [0.05, 0.1) is 0 Å². The lowest BCUT2D eigenvalue weighted by molar-refractivity contribution is 0.626. The topological polar surface area (TPSA) is 15.3 Å². The number of halogens is 1. The molecule has 0 heterocycles. The first-order chi connectivity index (χ1) is 9.54. The summed E-state index contributed by atoms with van der Waals surface area (Å²) in [5.41, 5.74) is 3.42. The lowest BCUT2D eigenvalue weighted by atomic mass is 10.1. The molecule has 0 fully saturated rings. The smallest absolute Gasteiger partial charge is 0.123 e. The fourth-order valence-electron chi connectivity index (χ4n) is 2.17. The Hall–Kier alpha value is -2.03. The van der Waals surface area contributed by atoms with Crippen LogP contribution < -0.4 is 10.2 Å². The van der Waals surface area contributed by atoms with Gasteiger partial charge in [0.1, 0.15) is 5.82 Å². The van der Waals surface area contributed by atoms with Crippen molar-refractivity contribution in [1.82, 2.24) is 0 Å². The highest BCUT2D eigenvalue weighted by molar-refractivity contribution is 5.54. The molecule has 2 rings (SSSR count). The Balaban J connectivity index is 1.93. The van der Waals surface area contributed by atoms with Crippen LogP contribution in [0, 0.1) is 5.82 Å². The van der Waals surface area contributed by atoms with Gasteiger partial charge < -0.3 is 10.2 Å². The van der Waals surface area contributed by atoms with Crippen LogP contribution in [-0.2, 0) is 6.42 Å². The minimum atomic E-state index is -0.186. The van der Waals surface area contributed by atoms with E-state index in [1.807, 2.05) is 26.2 Å². The van der Waals surface area contributed by atoms with Crippen molar-refractivity contribution in [1.29, 1.82) is 0 Å². The van der Waals surface area contributed by atoms with Gasteiger partial charge in [-0.05, 0) is 55.3 Å². The van der Waals surface area contributed by atoms with Crippen LogP contribution >= 0.6 is 0 Å². The van der Waals surface area contributed by atoms with Gasteiger partial charge in [-0.3, -0.25) is 0 Å². The lowest BCUT2D eigenvalue weighted by Gasteiger charge is -2.17. The van der Waals surface area contributed by atoms with Crippen molar-refractivity contribution in [2.24, 2.45) is 0 Å². The molecule has 2 aromatic carbocycles. The van der Waals surface area contributed by atoms with E-state index in [2.05, 4.69) is 41.4 Å². The minimum absolute atomic E-state index is 0.186. The van der Waals surface area contributed by atoms with Crippen LogP contribution in [0.15, 0.2) is 48.5 Å². The lowest BCUT2D eigenvalue weighted by Crippen LogP contribution is -2.18. The largest absolute Gasteiger partial charge is 0.382 e. The maximum absolute atomic E-state index is 12.9. The second-order valence-electron chi connectivity index (χ2n) is 5.32. The maximum atomic E-state index is 12.9. The summed E-state index contributed by atoms with van der Waals surface area (Å²) in [6.07, 6.45) is 0.871. The van der Waals surface area contributed by atoms with Gasteiger partial charge in [-0.1, -0.05) is 12.1 Å². The average Bonchev–Trinajstić information content (AvgIpc) is 2.42. The molecule has 1 atom stereocenters. The van der Waals surface area contributed by atoms with Crippen molar-refractivity contribution in [3.05, 3.63) is 59.9 Å². The van der Waals surface area contributed by atoms with E-state index in [0.29, 0.717) is 6.04 Å². The zero-order valence-corrected chi connectivity index (χ0v) is 12.2. The normalized spacial score (nSPS) is 12.0. The molecule has 0 aromatic heterocycles. The van der Waals surface area contributed by atoms with E-state index in [1.54, 1.807) is 0 Å². The Bertz CT molecular complexity index is 532. The molecule has 0 radical (unpaired) electrons. The van der Waals surface area contributed by atoms with Crippen LogP contribution in [0.25, 0.3) is 0 Å². The number of hydrogen-bond acceptors (Lipinski definition) is 2. The van der Waals surface area contributed by atoms with Gasteiger partial charge in [0, 0.05) is 31.5 Å². The van der Waals surface area contributed by atoms with Crippen LogP contribution in [0.2, 0.25) is 0 Å². The summed E-state index contributed by atoms with van der Waals surface area (Å²) in [4.78, 5) is 2.08. The maximum Gasteiger partial charge on any atom is 0.123 e. The zero-order valence-electron chi connectivity index (χ0n) is 12.2. The molecular weight excluding hydrogens is 251 g/mol. The summed E-state index contributed by atoms with van der Waals surface area (Å²) in [5.74, 6) is -0.186. The van der Waals surface area contributed by atoms with E-state index >= 15 is 0 Å². The third-order valence-electron chi connectivity index (χ3n) is 3.25. The molecular formula is C17H21FN2. The Morgan fingerprint density at radius 1 is 1.00 bits per heavy atom. The van der Waals surface area contributed by atoms with Gasteiger partial charge in [-0.25, -0.2) is 4.39 Å². The first-order valence-electron chi connectivity index (χ1n) is 6.83. The predicted molar refractivity (Wildman–Crippen MR) is 84.0 cm³/mol. The third-order valence-corrected chi connectivity index (χ3v) is 3.25. The van der Waals surface area contributed by atoms with Gasteiger partial charge in [0.2, 0.25) is 0 Å². The number of benzene rings is 2. The van der Waals surface area contributed by atoms with Crippen molar-refractivity contribution >= 4 is 11.4 Å². The highest BCUT2D eigenvalue weighted by Crippen LogP contribution is 2.17. The van der Waals surface area contributed by atoms with E-state index in [9.17, 15) is 4.39 Å². The highest BCUT2D eigenvalue weighted by Gasteiger charge is 2.04. The predicted octanol–water partition coefficient (Wildman–Crippen LogP) is 3.93.